The summed E-state index contributed by atoms with van der Waals surface area (Å²) in [6.45, 7) is 6.15. The lowest BCUT2D eigenvalue weighted by molar-refractivity contribution is 0.542. The molecular formula is C12H15N3O. The first-order valence-corrected chi connectivity index (χ1v) is 5.16. The van der Waals surface area contributed by atoms with E-state index in [4.69, 9.17) is 10.2 Å². The molecule has 0 aromatic carbocycles. The van der Waals surface area contributed by atoms with Gasteiger partial charge >= 0.3 is 0 Å². The van der Waals surface area contributed by atoms with Crippen LogP contribution in [0, 0.1) is 0 Å². The fraction of sp³-hybridized carbons (Fsp3) is 0.333. The Labute approximate surface area is 94.5 Å². The minimum Gasteiger partial charge on any atom is -0.463 e. The minimum atomic E-state index is -0.128. The van der Waals surface area contributed by atoms with Crippen LogP contribution in [0.25, 0.3) is 11.5 Å². The molecule has 0 saturated carbocycles. The Hall–Kier alpha value is -1.84. The van der Waals surface area contributed by atoms with Crippen LogP contribution in [0.4, 0.5) is 5.82 Å². The number of hydrogen-bond acceptors (Lipinski definition) is 4. The molecule has 0 fully saturated rings. The van der Waals surface area contributed by atoms with Crippen LogP contribution in [0.2, 0.25) is 0 Å². The Morgan fingerprint density at radius 2 is 2.00 bits per heavy atom. The molecule has 2 rings (SSSR count). The van der Waals surface area contributed by atoms with E-state index in [1.54, 1.807) is 12.3 Å². The number of nitrogens with two attached hydrogens (primary N) is 1. The van der Waals surface area contributed by atoms with Crippen molar-refractivity contribution in [1.29, 1.82) is 0 Å². The van der Waals surface area contributed by atoms with Crippen molar-refractivity contribution < 1.29 is 4.42 Å². The molecule has 0 saturated heterocycles. The molecule has 0 atom stereocenters. The summed E-state index contributed by atoms with van der Waals surface area (Å²) in [5.41, 5.74) is 6.37. The maximum Gasteiger partial charge on any atom is 0.152 e. The lowest BCUT2D eigenvalue weighted by atomic mass is 9.95. The fourth-order valence-electron chi connectivity index (χ4n) is 1.35. The third-order valence-corrected chi connectivity index (χ3v) is 2.19. The van der Waals surface area contributed by atoms with Crippen LogP contribution < -0.4 is 5.73 Å². The average molecular weight is 217 g/mol. The summed E-state index contributed by atoms with van der Waals surface area (Å²) < 4.78 is 5.30. The van der Waals surface area contributed by atoms with Crippen LogP contribution in [0.3, 0.4) is 0 Å². The number of hydrogen-bond donors (Lipinski definition) is 1. The Kier molecular flexibility index (Phi) is 2.42. The third-order valence-electron chi connectivity index (χ3n) is 2.19. The largest absolute Gasteiger partial charge is 0.463 e. The normalized spacial score (nSPS) is 11.7. The molecule has 0 aliphatic heterocycles. The zero-order valence-corrected chi connectivity index (χ0v) is 9.69. The van der Waals surface area contributed by atoms with Crippen LogP contribution >= 0.6 is 0 Å². The summed E-state index contributed by atoms with van der Waals surface area (Å²) in [6, 6.07) is 5.40. The molecule has 0 spiro atoms. The summed E-state index contributed by atoms with van der Waals surface area (Å²) in [5, 5.41) is 0. The van der Waals surface area contributed by atoms with E-state index >= 15 is 0 Å². The van der Waals surface area contributed by atoms with Gasteiger partial charge in [0, 0.05) is 11.5 Å². The van der Waals surface area contributed by atoms with Crippen LogP contribution in [0.1, 0.15) is 26.6 Å². The van der Waals surface area contributed by atoms with Gasteiger partial charge < -0.3 is 10.2 Å². The van der Waals surface area contributed by atoms with E-state index < -0.39 is 0 Å². The highest BCUT2D eigenvalue weighted by atomic mass is 16.3. The summed E-state index contributed by atoms with van der Waals surface area (Å²) >= 11 is 0. The van der Waals surface area contributed by atoms with Gasteiger partial charge in [0.15, 0.2) is 5.76 Å². The van der Waals surface area contributed by atoms with Crippen molar-refractivity contribution in [3.63, 3.8) is 0 Å². The molecule has 0 radical (unpaired) electrons. The molecule has 16 heavy (non-hydrogen) atoms. The monoisotopic (exact) mass is 217 g/mol. The first-order chi connectivity index (χ1) is 7.47. The molecule has 4 heteroatoms. The van der Waals surface area contributed by atoms with Gasteiger partial charge in [-0.15, -0.1) is 0 Å². The number of nitrogen functional groups attached to an aromatic ring is 1. The Morgan fingerprint density at radius 3 is 2.56 bits per heavy atom. The van der Waals surface area contributed by atoms with Gasteiger partial charge in [-0.3, -0.25) is 0 Å². The van der Waals surface area contributed by atoms with E-state index in [-0.39, 0.29) is 5.41 Å². The zero-order chi connectivity index (χ0) is 11.8. The van der Waals surface area contributed by atoms with E-state index in [0.29, 0.717) is 11.6 Å². The van der Waals surface area contributed by atoms with E-state index in [0.717, 1.165) is 11.5 Å². The van der Waals surface area contributed by atoms with Crippen molar-refractivity contribution in [1.82, 2.24) is 9.97 Å². The maximum absolute atomic E-state index is 5.77. The van der Waals surface area contributed by atoms with Crippen LogP contribution in [0.5, 0.6) is 0 Å². The lowest BCUT2D eigenvalue weighted by Gasteiger charge is -2.17. The molecule has 0 amide bonds. The number of rotatable bonds is 1. The van der Waals surface area contributed by atoms with E-state index in [1.165, 1.54) is 0 Å². The topological polar surface area (TPSA) is 64.9 Å². The Morgan fingerprint density at radius 1 is 1.25 bits per heavy atom. The number of aromatic nitrogens is 2. The lowest BCUT2D eigenvalue weighted by Crippen LogP contribution is -2.17. The second-order valence-electron chi connectivity index (χ2n) is 4.73. The minimum absolute atomic E-state index is 0.128. The molecule has 84 valence electrons. The van der Waals surface area contributed by atoms with Crippen molar-refractivity contribution in [2.45, 2.75) is 26.2 Å². The second kappa shape index (κ2) is 3.63. The van der Waals surface area contributed by atoms with Crippen LogP contribution in [-0.4, -0.2) is 9.97 Å². The first-order valence-electron chi connectivity index (χ1n) is 5.16. The summed E-state index contributed by atoms with van der Waals surface area (Å²) in [6.07, 6.45) is 1.62. The Balaban J connectivity index is 2.53. The van der Waals surface area contributed by atoms with E-state index in [1.807, 2.05) is 32.9 Å². The highest BCUT2D eigenvalue weighted by Crippen LogP contribution is 2.24. The predicted octanol–water partition coefficient (Wildman–Crippen LogP) is 2.62. The predicted molar refractivity (Wildman–Crippen MR) is 62.8 cm³/mol. The fourth-order valence-corrected chi connectivity index (χ4v) is 1.35. The van der Waals surface area contributed by atoms with Gasteiger partial charge in [-0.2, -0.15) is 0 Å². The van der Waals surface area contributed by atoms with E-state index in [2.05, 4.69) is 9.97 Å². The molecule has 0 aliphatic rings. The van der Waals surface area contributed by atoms with Gasteiger partial charge in [-0.05, 0) is 12.1 Å². The SMILES string of the molecule is CC(C)(C)c1nc(N)cc(-c2ccco2)n1. The van der Waals surface area contributed by atoms with Gasteiger partial charge in [0.2, 0.25) is 0 Å². The molecule has 2 aromatic heterocycles. The number of furan rings is 1. The highest BCUT2D eigenvalue weighted by molar-refractivity contribution is 5.56. The molecule has 2 N–H and O–H groups in total. The van der Waals surface area contributed by atoms with Gasteiger partial charge in [0.1, 0.15) is 17.3 Å². The first kappa shape index (κ1) is 10.7. The summed E-state index contributed by atoms with van der Waals surface area (Å²) in [4.78, 5) is 8.70. The summed E-state index contributed by atoms with van der Waals surface area (Å²) in [7, 11) is 0. The zero-order valence-electron chi connectivity index (χ0n) is 9.69. The number of nitrogens with zero attached hydrogens (tertiary/aromatic N) is 2. The molecule has 4 nitrogen and oxygen atoms in total. The molecule has 2 heterocycles. The molecule has 0 unspecified atom stereocenters. The second-order valence-corrected chi connectivity index (χ2v) is 4.73. The summed E-state index contributed by atoms with van der Waals surface area (Å²) in [5.74, 6) is 1.89. The molecular weight excluding hydrogens is 202 g/mol. The van der Waals surface area contributed by atoms with Crippen LogP contribution in [-0.2, 0) is 5.41 Å². The van der Waals surface area contributed by atoms with Gasteiger partial charge in [-0.1, -0.05) is 20.8 Å². The highest BCUT2D eigenvalue weighted by Gasteiger charge is 2.19. The van der Waals surface area contributed by atoms with Gasteiger partial charge in [0.25, 0.3) is 0 Å². The van der Waals surface area contributed by atoms with Crippen molar-refractivity contribution >= 4 is 5.82 Å². The molecule has 2 aromatic rings. The van der Waals surface area contributed by atoms with Crippen molar-refractivity contribution in [3.05, 3.63) is 30.3 Å². The number of anilines is 1. The average Bonchev–Trinajstić information content (AvgIpc) is 2.68. The molecule has 0 bridgehead atoms. The van der Waals surface area contributed by atoms with Gasteiger partial charge in [-0.25, -0.2) is 9.97 Å². The maximum atomic E-state index is 5.77. The van der Waals surface area contributed by atoms with Crippen LogP contribution in [0.15, 0.2) is 28.9 Å². The van der Waals surface area contributed by atoms with Crippen molar-refractivity contribution in [2.75, 3.05) is 5.73 Å². The molecule has 0 aliphatic carbocycles. The standard InChI is InChI=1S/C12H15N3O/c1-12(2,3)11-14-8(7-10(13)15-11)9-5-4-6-16-9/h4-7H,1-3H3,(H2,13,14,15). The smallest absolute Gasteiger partial charge is 0.152 e. The van der Waals surface area contributed by atoms with Gasteiger partial charge in [0.05, 0.1) is 6.26 Å². The van der Waals surface area contributed by atoms with Crippen molar-refractivity contribution in [2.24, 2.45) is 0 Å². The quantitative estimate of drug-likeness (QED) is 0.797. The van der Waals surface area contributed by atoms with Crippen molar-refractivity contribution in [3.8, 4) is 11.5 Å². The Bertz CT molecular complexity index is 483. The van der Waals surface area contributed by atoms with E-state index in [9.17, 15) is 0 Å². The third kappa shape index (κ3) is 2.05.